The summed E-state index contributed by atoms with van der Waals surface area (Å²) in [6, 6.07) is 7.52. The summed E-state index contributed by atoms with van der Waals surface area (Å²) >= 11 is 6.12. The zero-order valence-corrected chi connectivity index (χ0v) is 10.4. The largest absolute Gasteiger partial charge is 0.310 e. The Labute approximate surface area is 101 Å². The fourth-order valence-corrected chi connectivity index (χ4v) is 2.30. The third-order valence-corrected chi connectivity index (χ3v) is 3.37. The standard InChI is InChI=1S/C13H16ClNO/c1-13(2)8-7-12(16)15(9-13)11-6-4-3-5-10(11)14/h3-6H,7-9H2,1-2H3. The summed E-state index contributed by atoms with van der Waals surface area (Å²) in [5.74, 6) is 0.174. The SMILES string of the molecule is CC1(C)CCC(=O)N(c2ccccc2Cl)C1. The first-order valence-electron chi connectivity index (χ1n) is 5.54. The number of rotatable bonds is 1. The Balaban J connectivity index is 2.32. The van der Waals surface area contributed by atoms with Crippen molar-refractivity contribution in [2.75, 3.05) is 11.4 Å². The van der Waals surface area contributed by atoms with Crippen molar-refractivity contribution in [1.29, 1.82) is 0 Å². The van der Waals surface area contributed by atoms with Crippen LogP contribution in [0.1, 0.15) is 26.7 Å². The van der Waals surface area contributed by atoms with E-state index >= 15 is 0 Å². The molecular formula is C13H16ClNO. The van der Waals surface area contributed by atoms with E-state index in [1.807, 2.05) is 29.2 Å². The van der Waals surface area contributed by atoms with Crippen LogP contribution in [0.3, 0.4) is 0 Å². The van der Waals surface area contributed by atoms with Gasteiger partial charge in [0, 0.05) is 13.0 Å². The van der Waals surface area contributed by atoms with E-state index in [1.54, 1.807) is 0 Å². The topological polar surface area (TPSA) is 20.3 Å². The number of halogens is 1. The number of hydrogen-bond donors (Lipinski definition) is 0. The average molecular weight is 238 g/mol. The lowest BCUT2D eigenvalue weighted by Gasteiger charge is -2.38. The van der Waals surface area contributed by atoms with Crippen molar-refractivity contribution >= 4 is 23.2 Å². The summed E-state index contributed by atoms with van der Waals surface area (Å²) in [7, 11) is 0. The van der Waals surface area contributed by atoms with Crippen LogP contribution in [0, 0.1) is 5.41 Å². The Bertz CT molecular complexity index is 414. The van der Waals surface area contributed by atoms with Crippen LogP contribution in [0.2, 0.25) is 5.02 Å². The number of nitrogens with zero attached hydrogens (tertiary/aromatic N) is 1. The summed E-state index contributed by atoms with van der Waals surface area (Å²) in [4.78, 5) is 13.7. The molecule has 0 aromatic heterocycles. The van der Waals surface area contributed by atoms with E-state index < -0.39 is 0 Å². The third kappa shape index (κ3) is 2.22. The normalized spacial score (nSPS) is 19.9. The molecule has 0 atom stereocenters. The zero-order chi connectivity index (χ0) is 11.8. The molecule has 3 heteroatoms. The maximum Gasteiger partial charge on any atom is 0.227 e. The van der Waals surface area contributed by atoms with E-state index in [0.29, 0.717) is 11.4 Å². The predicted molar refractivity (Wildman–Crippen MR) is 66.8 cm³/mol. The van der Waals surface area contributed by atoms with Crippen LogP contribution >= 0.6 is 11.6 Å². The van der Waals surface area contributed by atoms with E-state index in [1.165, 1.54) is 0 Å². The van der Waals surface area contributed by atoms with Gasteiger partial charge in [-0.1, -0.05) is 37.6 Å². The molecule has 1 saturated heterocycles. The molecule has 86 valence electrons. The highest BCUT2D eigenvalue weighted by Gasteiger charge is 2.32. The summed E-state index contributed by atoms with van der Waals surface area (Å²) in [6.07, 6.45) is 1.56. The van der Waals surface area contributed by atoms with Crippen molar-refractivity contribution in [3.63, 3.8) is 0 Å². The summed E-state index contributed by atoms with van der Waals surface area (Å²) in [5, 5.41) is 0.647. The number of anilines is 1. The molecule has 16 heavy (non-hydrogen) atoms. The van der Waals surface area contributed by atoms with E-state index in [0.717, 1.165) is 18.7 Å². The number of benzene rings is 1. The number of para-hydroxylation sites is 1. The highest BCUT2D eigenvalue weighted by molar-refractivity contribution is 6.33. The molecular weight excluding hydrogens is 222 g/mol. The zero-order valence-electron chi connectivity index (χ0n) is 9.66. The number of hydrogen-bond acceptors (Lipinski definition) is 1. The minimum Gasteiger partial charge on any atom is -0.310 e. The van der Waals surface area contributed by atoms with Crippen molar-refractivity contribution in [2.24, 2.45) is 5.41 Å². The molecule has 0 bridgehead atoms. The molecule has 0 N–H and O–H groups in total. The van der Waals surface area contributed by atoms with Crippen LogP contribution < -0.4 is 4.90 Å². The van der Waals surface area contributed by atoms with Crippen molar-refractivity contribution in [3.05, 3.63) is 29.3 Å². The van der Waals surface area contributed by atoms with Crippen LogP contribution in [-0.4, -0.2) is 12.5 Å². The highest BCUT2D eigenvalue weighted by atomic mass is 35.5. The first kappa shape index (κ1) is 11.5. The van der Waals surface area contributed by atoms with Gasteiger partial charge in [-0.25, -0.2) is 0 Å². The molecule has 0 aliphatic carbocycles. The maximum absolute atomic E-state index is 11.9. The second-order valence-electron chi connectivity index (χ2n) is 5.10. The van der Waals surface area contributed by atoms with Crippen molar-refractivity contribution < 1.29 is 4.79 Å². The van der Waals surface area contributed by atoms with Crippen molar-refractivity contribution in [3.8, 4) is 0 Å². The van der Waals surface area contributed by atoms with Gasteiger partial charge in [0.05, 0.1) is 10.7 Å². The molecule has 1 aliphatic rings. The second-order valence-corrected chi connectivity index (χ2v) is 5.50. The monoisotopic (exact) mass is 237 g/mol. The minimum absolute atomic E-state index is 0.174. The van der Waals surface area contributed by atoms with Crippen LogP contribution in [0.15, 0.2) is 24.3 Å². The Hall–Kier alpha value is -1.02. The van der Waals surface area contributed by atoms with E-state index in [9.17, 15) is 4.79 Å². The lowest BCUT2D eigenvalue weighted by Crippen LogP contribution is -2.44. The van der Waals surface area contributed by atoms with Gasteiger partial charge in [0.2, 0.25) is 5.91 Å². The fraction of sp³-hybridized carbons (Fsp3) is 0.462. The molecule has 1 aromatic rings. The first-order chi connectivity index (χ1) is 7.49. The van der Waals surface area contributed by atoms with Crippen molar-refractivity contribution in [1.82, 2.24) is 0 Å². The molecule has 1 amide bonds. The first-order valence-corrected chi connectivity index (χ1v) is 5.92. The molecule has 0 radical (unpaired) electrons. The van der Waals surface area contributed by atoms with Gasteiger partial charge in [-0.05, 0) is 24.0 Å². The second kappa shape index (κ2) is 4.10. The fourth-order valence-electron chi connectivity index (χ4n) is 2.07. The summed E-state index contributed by atoms with van der Waals surface area (Å²) < 4.78 is 0. The van der Waals surface area contributed by atoms with E-state index in [4.69, 9.17) is 11.6 Å². The van der Waals surface area contributed by atoms with Gasteiger partial charge in [0.1, 0.15) is 0 Å². The molecule has 0 unspecified atom stereocenters. The minimum atomic E-state index is 0.174. The Morgan fingerprint density at radius 1 is 1.31 bits per heavy atom. The van der Waals surface area contributed by atoms with Gasteiger partial charge in [-0.15, -0.1) is 0 Å². The lowest BCUT2D eigenvalue weighted by atomic mass is 9.83. The molecule has 0 spiro atoms. The quantitative estimate of drug-likeness (QED) is 0.732. The Kier molecular flexibility index (Phi) is 2.94. The third-order valence-electron chi connectivity index (χ3n) is 3.05. The van der Waals surface area contributed by atoms with Crippen LogP contribution in [0.5, 0.6) is 0 Å². The Morgan fingerprint density at radius 3 is 2.69 bits per heavy atom. The lowest BCUT2D eigenvalue weighted by molar-refractivity contribution is -0.120. The van der Waals surface area contributed by atoms with Crippen molar-refractivity contribution in [2.45, 2.75) is 26.7 Å². The van der Waals surface area contributed by atoms with E-state index in [2.05, 4.69) is 13.8 Å². The maximum atomic E-state index is 11.9. The number of carbonyl (C=O) groups excluding carboxylic acids is 1. The Morgan fingerprint density at radius 2 is 2.00 bits per heavy atom. The van der Waals surface area contributed by atoms with Gasteiger partial charge in [0.15, 0.2) is 0 Å². The van der Waals surface area contributed by atoms with Gasteiger partial charge in [-0.3, -0.25) is 4.79 Å². The molecule has 2 nitrogen and oxygen atoms in total. The van der Waals surface area contributed by atoms with Crippen LogP contribution in [-0.2, 0) is 4.79 Å². The predicted octanol–water partition coefficient (Wildman–Crippen LogP) is 3.49. The van der Waals surface area contributed by atoms with Gasteiger partial charge >= 0.3 is 0 Å². The van der Waals surface area contributed by atoms with Gasteiger partial charge in [-0.2, -0.15) is 0 Å². The molecule has 1 heterocycles. The molecule has 1 aliphatic heterocycles. The van der Waals surface area contributed by atoms with Crippen LogP contribution in [0.25, 0.3) is 0 Å². The molecule has 0 saturated carbocycles. The van der Waals surface area contributed by atoms with Gasteiger partial charge in [0.25, 0.3) is 0 Å². The van der Waals surface area contributed by atoms with Crippen LogP contribution in [0.4, 0.5) is 5.69 Å². The number of carbonyl (C=O) groups is 1. The van der Waals surface area contributed by atoms with E-state index in [-0.39, 0.29) is 11.3 Å². The molecule has 1 fully saturated rings. The highest BCUT2D eigenvalue weighted by Crippen LogP contribution is 2.35. The molecule has 2 rings (SSSR count). The number of amides is 1. The smallest absolute Gasteiger partial charge is 0.227 e. The summed E-state index contributed by atoms with van der Waals surface area (Å²) in [5.41, 5.74) is 1.01. The summed E-state index contributed by atoms with van der Waals surface area (Å²) in [6.45, 7) is 5.11. The average Bonchev–Trinajstić information content (AvgIpc) is 2.23. The van der Waals surface area contributed by atoms with Gasteiger partial charge < -0.3 is 4.90 Å². The number of piperidine rings is 1. The molecule has 1 aromatic carbocycles.